The van der Waals surface area contributed by atoms with Crippen LogP contribution in [0.3, 0.4) is 0 Å². The quantitative estimate of drug-likeness (QED) is 0.304. The minimum absolute atomic E-state index is 0.500. The van der Waals surface area contributed by atoms with Crippen LogP contribution >= 0.6 is 0 Å². The van der Waals surface area contributed by atoms with Gasteiger partial charge in [0.15, 0.2) is 6.10 Å². The average Bonchev–Trinajstić information content (AvgIpc) is 2.54. The zero-order valence-corrected chi connectivity index (χ0v) is 14.2. The van der Waals surface area contributed by atoms with E-state index in [-0.39, 0.29) is 0 Å². The highest BCUT2D eigenvalue weighted by molar-refractivity contribution is 5.74. The second-order valence-electron chi connectivity index (χ2n) is 5.32. The largest absolute Gasteiger partial charge is 0.467 e. The Morgan fingerprint density at radius 2 is 1.55 bits per heavy atom. The topological polar surface area (TPSA) is 46.5 Å². The van der Waals surface area contributed by atoms with Crippen LogP contribution in [-0.2, 0) is 9.53 Å². The predicted molar refractivity (Wildman–Crippen MR) is 92.7 cm³/mol. The molecule has 0 aliphatic carbocycles. The molecule has 126 valence electrons. The number of methoxy groups -OCH3 is 1. The van der Waals surface area contributed by atoms with Crippen molar-refractivity contribution in [1.82, 2.24) is 0 Å². The van der Waals surface area contributed by atoms with Crippen LogP contribution in [0.2, 0.25) is 0 Å². The SMILES string of the molecule is CC/C=C\C/C=C\C/C=C\CCCCCC[C@@H](O)C(=O)OC. The minimum atomic E-state index is -0.955. The number of aliphatic hydroxyl groups excluding tert-OH is 1. The Kier molecular flexibility index (Phi) is 15.0. The van der Waals surface area contributed by atoms with Crippen LogP contribution in [0.1, 0.15) is 64.7 Å². The number of esters is 1. The fraction of sp³-hybridized carbons (Fsp3) is 0.632. The zero-order valence-electron chi connectivity index (χ0n) is 14.2. The van der Waals surface area contributed by atoms with Crippen LogP contribution in [0.25, 0.3) is 0 Å². The first-order valence-electron chi connectivity index (χ1n) is 8.43. The molecule has 0 radical (unpaired) electrons. The van der Waals surface area contributed by atoms with E-state index >= 15 is 0 Å². The van der Waals surface area contributed by atoms with Crippen molar-refractivity contribution >= 4 is 5.97 Å². The summed E-state index contributed by atoms with van der Waals surface area (Å²) in [6, 6.07) is 0. The first-order chi connectivity index (χ1) is 10.7. The summed E-state index contributed by atoms with van der Waals surface area (Å²) in [4.78, 5) is 11.0. The van der Waals surface area contributed by atoms with E-state index in [1.807, 2.05) is 0 Å². The first-order valence-corrected chi connectivity index (χ1v) is 8.43. The van der Waals surface area contributed by atoms with Gasteiger partial charge in [0, 0.05) is 0 Å². The fourth-order valence-corrected chi connectivity index (χ4v) is 2.03. The normalized spacial score (nSPS) is 13.4. The van der Waals surface area contributed by atoms with E-state index in [2.05, 4.69) is 48.1 Å². The van der Waals surface area contributed by atoms with Crippen LogP contribution in [0, 0.1) is 0 Å². The molecule has 22 heavy (non-hydrogen) atoms. The third kappa shape index (κ3) is 13.6. The molecule has 0 spiro atoms. The Morgan fingerprint density at radius 1 is 0.955 bits per heavy atom. The monoisotopic (exact) mass is 308 g/mol. The molecule has 3 nitrogen and oxygen atoms in total. The van der Waals surface area contributed by atoms with Gasteiger partial charge in [-0.1, -0.05) is 62.6 Å². The summed E-state index contributed by atoms with van der Waals surface area (Å²) in [7, 11) is 1.30. The second kappa shape index (κ2) is 16.0. The number of hydrogen-bond donors (Lipinski definition) is 1. The van der Waals surface area contributed by atoms with Crippen LogP contribution in [0.5, 0.6) is 0 Å². The molecule has 1 N–H and O–H groups in total. The van der Waals surface area contributed by atoms with Crippen molar-refractivity contribution in [2.24, 2.45) is 0 Å². The van der Waals surface area contributed by atoms with E-state index in [0.717, 1.165) is 51.4 Å². The summed E-state index contributed by atoms with van der Waals surface area (Å²) >= 11 is 0. The van der Waals surface area contributed by atoms with E-state index in [1.165, 1.54) is 7.11 Å². The molecule has 0 amide bonds. The molecule has 0 aliphatic heterocycles. The number of ether oxygens (including phenoxy) is 1. The van der Waals surface area contributed by atoms with Gasteiger partial charge in [0.25, 0.3) is 0 Å². The van der Waals surface area contributed by atoms with Crippen molar-refractivity contribution in [3.8, 4) is 0 Å². The van der Waals surface area contributed by atoms with Crippen LogP contribution in [0.4, 0.5) is 0 Å². The number of carbonyl (C=O) groups excluding carboxylic acids is 1. The molecule has 0 aromatic heterocycles. The summed E-state index contributed by atoms with van der Waals surface area (Å²) in [6.07, 6.45) is 21.2. The maximum absolute atomic E-state index is 11.0. The molecule has 0 saturated carbocycles. The van der Waals surface area contributed by atoms with E-state index in [0.29, 0.717) is 6.42 Å². The van der Waals surface area contributed by atoms with Crippen molar-refractivity contribution in [2.45, 2.75) is 70.8 Å². The number of unbranched alkanes of at least 4 members (excludes halogenated alkanes) is 4. The third-order valence-corrected chi connectivity index (χ3v) is 3.35. The first kappa shape index (κ1) is 20.6. The van der Waals surface area contributed by atoms with Crippen molar-refractivity contribution in [2.75, 3.05) is 7.11 Å². The van der Waals surface area contributed by atoms with E-state index in [4.69, 9.17) is 0 Å². The Morgan fingerprint density at radius 3 is 2.18 bits per heavy atom. The van der Waals surface area contributed by atoms with Gasteiger partial charge in [0.2, 0.25) is 0 Å². The van der Waals surface area contributed by atoms with Gasteiger partial charge in [-0.3, -0.25) is 0 Å². The molecule has 0 aromatic carbocycles. The Hall–Kier alpha value is -1.35. The van der Waals surface area contributed by atoms with Crippen LogP contribution in [0.15, 0.2) is 36.5 Å². The molecule has 0 rings (SSSR count). The third-order valence-electron chi connectivity index (χ3n) is 3.35. The summed E-state index contributed by atoms with van der Waals surface area (Å²) in [5.41, 5.74) is 0. The van der Waals surface area contributed by atoms with E-state index in [1.54, 1.807) is 0 Å². The molecule has 0 unspecified atom stereocenters. The fourth-order valence-electron chi connectivity index (χ4n) is 2.03. The maximum Gasteiger partial charge on any atom is 0.334 e. The lowest BCUT2D eigenvalue weighted by Crippen LogP contribution is -2.21. The highest BCUT2D eigenvalue weighted by Crippen LogP contribution is 2.08. The zero-order chi connectivity index (χ0) is 16.5. The summed E-state index contributed by atoms with van der Waals surface area (Å²) < 4.78 is 4.47. The molecular formula is C19H32O3. The summed E-state index contributed by atoms with van der Waals surface area (Å²) in [5, 5.41) is 9.41. The number of carbonyl (C=O) groups is 1. The van der Waals surface area contributed by atoms with Crippen molar-refractivity contribution in [3.05, 3.63) is 36.5 Å². The Bertz CT molecular complexity index is 343. The van der Waals surface area contributed by atoms with Gasteiger partial charge in [0.05, 0.1) is 7.11 Å². The molecular weight excluding hydrogens is 276 g/mol. The standard InChI is InChI=1S/C19H32O3/c1-3-4-5-6-7-8-9-10-11-12-13-14-15-16-17-18(20)19(21)22-2/h4-5,7-8,10-11,18,20H,3,6,9,12-17H2,1-2H3/b5-4-,8-7-,11-10-/t18-/m1/s1. The highest BCUT2D eigenvalue weighted by Gasteiger charge is 2.13. The number of allylic oxidation sites excluding steroid dienone is 6. The molecule has 3 heteroatoms. The summed E-state index contributed by atoms with van der Waals surface area (Å²) in [5.74, 6) is -0.527. The Balaban J connectivity index is 3.37. The molecule has 0 fully saturated rings. The van der Waals surface area contributed by atoms with Gasteiger partial charge in [0.1, 0.15) is 0 Å². The second-order valence-corrected chi connectivity index (χ2v) is 5.32. The minimum Gasteiger partial charge on any atom is -0.467 e. The molecule has 0 bridgehead atoms. The molecule has 0 heterocycles. The van der Waals surface area contributed by atoms with Crippen molar-refractivity contribution in [3.63, 3.8) is 0 Å². The van der Waals surface area contributed by atoms with E-state index in [9.17, 15) is 9.90 Å². The predicted octanol–water partition coefficient (Wildman–Crippen LogP) is 4.72. The number of hydrogen-bond acceptors (Lipinski definition) is 3. The van der Waals surface area contributed by atoms with Crippen LogP contribution in [-0.4, -0.2) is 24.3 Å². The maximum atomic E-state index is 11.0. The lowest BCUT2D eigenvalue weighted by atomic mass is 10.1. The highest BCUT2D eigenvalue weighted by atomic mass is 16.5. The van der Waals surface area contributed by atoms with Gasteiger partial charge in [-0.25, -0.2) is 4.79 Å². The van der Waals surface area contributed by atoms with Gasteiger partial charge in [-0.15, -0.1) is 0 Å². The number of rotatable bonds is 13. The molecule has 0 aromatic rings. The van der Waals surface area contributed by atoms with Gasteiger partial charge in [-0.2, -0.15) is 0 Å². The molecule has 1 atom stereocenters. The van der Waals surface area contributed by atoms with Crippen molar-refractivity contribution < 1.29 is 14.6 Å². The van der Waals surface area contributed by atoms with E-state index < -0.39 is 12.1 Å². The molecule has 0 aliphatic rings. The summed E-state index contributed by atoms with van der Waals surface area (Å²) in [6.45, 7) is 2.14. The van der Waals surface area contributed by atoms with Gasteiger partial charge in [-0.05, 0) is 38.5 Å². The Labute approximate surface area is 135 Å². The van der Waals surface area contributed by atoms with Crippen LogP contribution < -0.4 is 0 Å². The van der Waals surface area contributed by atoms with Crippen molar-refractivity contribution in [1.29, 1.82) is 0 Å². The molecule has 0 saturated heterocycles. The van der Waals surface area contributed by atoms with Gasteiger partial charge < -0.3 is 9.84 Å². The smallest absolute Gasteiger partial charge is 0.334 e. The lowest BCUT2D eigenvalue weighted by molar-refractivity contribution is -0.150. The van der Waals surface area contributed by atoms with Gasteiger partial charge >= 0.3 is 5.97 Å². The lowest BCUT2D eigenvalue weighted by Gasteiger charge is -2.07. The average molecular weight is 308 g/mol. The number of aliphatic hydroxyl groups is 1.